The van der Waals surface area contributed by atoms with Crippen molar-refractivity contribution in [2.24, 2.45) is 10.9 Å². The van der Waals surface area contributed by atoms with Gasteiger partial charge in [-0.1, -0.05) is 31.2 Å². The predicted molar refractivity (Wildman–Crippen MR) is 125 cm³/mol. The number of pyridine rings is 1. The molecule has 3 N–H and O–H groups in total. The summed E-state index contributed by atoms with van der Waals surface area (Å²) in [5.74, 6) is 2.78. The molecule has 0 radical (unpaired) electrons. The van der Waals surface area contributed by atoms with Crippen LogP contribution in [-0.2, 0) is 11.3 Å². The second-order valence-corrected chi connectivity index (χ2v) is 8.54. The molecule has 1 unspecified atom stereocenters. The van der Waals surface area contributed by atoms with Crippen molar-refractivity contribution in [1.29, 1.82) is 0 Å². The third kappa shape index (κ3) is 5.34. The van der Waals surface area contributed by atoms with Crippen molar-refractivity contribution in [2.75, 3.05) is 36.9 Å². The number of amides is 1. The Morgan fingerprint density at radius 1 is 1.19 bits per heavy atom. The molecule has 1 atom stereocenters. The summed E-state index contributed by atoms with van der Waals surface area (Å²) in [5, 5.41) is 9.66. The van der Waals surface area contributed by atoms with Gasteiger partial charge in [0, 0.05) is 57.4 Å². The molecule has 2 aliphatic heterocycles. The van der Waals surface area contributed by atoms with Gasteiger partial charge in [0.15, 0.2) is 5.96 Å². The van der Waals surface area contributed by atoms with E-state index >= 15 is 0 Å². The van der Waals surface area contributed by atoms with E-state index in [0.717, 1.165) is 47.6 Å². The lowest BCUT2D eigenvalue weighted by atomic mass is 9.90. The van der Waals surface area contributed by atoms with Crippen LogP contribution in [0.3, 0.4) is 0 Å². The van der Waals surface area contributed by atoms with Crippen molar-refractivity contribution in [3.63, 3.8) is 0 Å². The van der Waals surface area contributed by atoms with Gasteiger partial charge in [0.05, 0.1) is 0 Å². The zero-order valence-corrected chi connectivity index (χ0v) is 18.4. The van der Waals surface area contributed by atoms with Crippen LogP contribution in [0.2, 0.25) is 0 Å². The summed E-state index contributed by atoms with van der Waals surface area (Å²) < 4.78 is 0. The maximum absolute atomic E-state index is 12.0. The number of benzene rings is 1. The van der Waals surface area contributed by atoms with Crippen molar-refractivity contribution < 1.29 is 4.79 Å². The number of para-hydroxylation sites is 1. The zero-order chi connectivity index (χ0) is 21.6. The van der Waals surface area contributed by atoms with Crippen LogP contribution >= 0.6 is 0 Å². The lowest BCUT2D eigenvalue weighted by molar-refractivity contribution is -0.116. The minimum atomic E-state index is 0.0581. The molecule has 7 heteroatoms. The first-order valence-electron chi connectivity index (χ1n) is 11.2. The molecule has 1 amide bonds. The predicted octanol–water partition coefficient (Wildman–Crippen LogP) is 3.11. The van der Waals surface area contributed by atoms with Crippen LogP contribution < -0.4 is 20.9 Å². The fourth-order valence-corrected chi connectivity index (χ4v) is 4.26. The van der Waals surface area contributed by atoms with Crippen LogP contribution in [-0.4, -0.2) is 43.5 Å². The smallest absolute Gasteiger partial charge is 0.225 e. The Bertz CT molecular complexity index is 918. The third-order valence-electron chi connectivity index (χ3n) is 6.22. The zero-order valence-electron chi connectivity index (χ0n) is 18.4. The molecule has 7 nitrogen and oxygen atoms in total. The van der Waals surface area contributed by atoms with Gasteiger partial charge in [-0.05, 0) is 42.0 Å². The Morgan fingerprint density at radius 3 is 2.74 bits per heavy atom. The number of hydrogen-bond donors (Lipinski definition) is 3. The van der Waals surface area contributed by atoms with Crippen molar-refractivity contribution in [1.82, 2.24) is 15.6 Å². The number of nitrogens with zero attached hydrogens (tertiary/aromatic N) is 3. The molecule has 0 bridgehead atoms. The minimum Gasteiger partial charge on any atom is -0.357 e. The number of piperidine rings is 1. The number of carbonyl (C=O) groups is 1. The topological polar surface area (TPSA) is 81.7 Å². The van der Waals surface area contributed by atoms with Gasteiger partial charge in [-0.15, -0.1) is 0 Å². The summed E-state index contributed by atoms with van der Waals surface area (Å²) in [6.07, 6.45) is 4.89. The molecule has 3 heterocycles. The standard InChI is InChI=1S/C24H32N6O/c1-17-9-11-30(12-10-17)22-8-7-18(14-26-22)15-27-24(25-2)28-16-19-13-23(31)29-21-6-4-3-5-20(19)21/h3-8,14,17,19H,9-13,15-16H2,1-2H3,(H,29,31)(H2,25,27,28). The molecule has 4 rings (SSSR count). The van der Waals surface area contributed by atoms with Gasteiger partial charge in [-0.2, -0.15) is 0 Å². The Labute approximate surface area is 184 Å². The number of aliphatic imine (C=N–C) groups is 1. The fourth-order valence-electron chi connectivity index (χ4n) is 4.26. The van der Waals surface area contributed by atoms with Crippen molar-refractivity contribution in [3.8, 4) is 0 Å². The van der Waals surface area contributed by atoms with Crippen molar-refractivity contribution >= 4 is 23.4 Å². The third-order valence-corrected chi connectivity index (χ3v) is 6.22. The normalized spacial score (nSPS) is 19.5. The summed E-state index contributed by atoms with van der Waals surface area (Å²) in [7, 11) is 1.76. The number of fused-ring (bicyclic) bond motifs is 1. The Balaban J connectivity index is 1.29. The van der Waals surface area contributed by atoms with Crippen molar-refractivity contribution in [3.05, 3.63) is 53.7 Å². The number of hydrogen-bond acceptors (Lipinski definition) is 4. The summed E-state index contributed by atoms with van der Waals surface area (Å²) in [4.78, 5) is 23.4. The Hall–Kier alpha value is -3.09. The molecule has 1 saturated heterocycles. The molecule has 0 saturated carbocycles. The summed E-state index contributed by atoms with van der Waals surface area (Å²) in [6.45, 7) is 5.79. The first-order valence-corrected chi connectivity index (χ1v) is 11.2. The molecule has 1 fully saturated rings. The fraction of sp³-hybridized carbons (Fsp3) is 0.458. The lowest BCUT2D eigenvalue weighted by Crippen LogP contribution is -2.40. The van der Waals surface area contributed by atoms with Gasteiger partial charge < -0.3 is 20.9 Å². The van der Waals surface area contributed by atoms with E-state index in [1.807, 2.05) is 24.4 Å². The van der Waals surface area contributed by atoms with Gasteiger partial charge in [-0.3, -0.25) is 9.79 Å². The van der Waals surface area contributed by atoms with E-state index in [4.69, 9.17) is 0 Å². The summed E-state index contributed by atoms with van der Waals surface area (Å²) >= 11 is 0. The molecule has 2 aliphatic rings. The monoisotopic (exact) mass is 420 g/mol. The number of carbonyl (C=O) groups excluding carboxylic acids is 1. The largest absolute Gasteiger partial charge is 0.357 e. The maximum atomic E-state index is 12.0. The second kappa shape index (κ2) is 9.81. The van der Waals surface area contributed by atoms with Gasteiger partial charge in [0.1, 0.15) is 5.82 Å². The molecule has 0 aliphatic carbocycles. The van der Waals surface area contributed by atoms with Crippen LogP contribution in [0, 0.1) is 5.92 Å². The van der Waals surface area contributed by atoms with E-state index in [-0.39, 0.29) is 11.8 Å². The van der Waals surface area contributed by atoms with E-state index in [2.05, 4.69) is 55.9 Å². The molecule has 164 valence electrons. The van der Waals surface area contributed by atoms with Crippen molar-refractivity contribution in [2.45, 2.75) is 38.6 Å². The first-order chi connectivity index (χ1) is 15.1. The van der Waals surface area contributed by atoms with E-state index in [1.54, 1.807) is 7.05 Å². The van der Waals surface area contributed by atoms with Gasteiger partial charge in [0.2, 0.25) is 5.91 Å². The Kier molecular flexibility index (Phi) is 6.70. The summed E-state index contributed by atoms with van der Waals surface area (Å²) in [5.41, 5.74) is 3.18. The van der Waals surface area contributed by atoms with Crippen LogP contribution in [0.15, 0.2) is 47.6 Å². The summed E-state index contributed by atoms with van der Waals surface area (Å²) in [6, 6.07) is 12.2. The van der Waals surface area contributed by atoms with Crippen LogP contribution in [0.4, 0.5) is 11.5 Å². The molecular formula is C24H32N6O. The highest BCUT2D eigenvalue weighted by Gasteiger charge is 2.24. The number of aromatic nitrogens is 1. The van der Waals surface area contributed by atoms with Gasteiger partial charge >= 0.3 is 0 Å². The van der Waals surface area contributed by atoms with E-state index in [9.17, 15) is 4.79 Å². The number of anilines is 2. The number of rotatable bonds is 5. The van der Waals surface area contributed by atoms with Crippen LogP contribution in [0.5, 0.6) is 0 Å². The average molecular weight is 421 g/mol. The maximum Gasteiger partial charge on any atom is 0.225 e. The van der Waals surface area contributed by atoms with E-state index in [1.165, 1.54) is 12.8 Å². The molecule has 1 aromatic heterocycles. The highest BCUT2D eigenvalue weighted by atomic mass is 16.1. The highest BCUT2D eigenvalue weighted by molar-refractivity contribution is 5.94. The lowest BCUT2D eigenvalue weighted by Gasteiger charge is -2.31. The number of guanidine groups is 1. The second-order valence-electron chi connectivity index (χ2n) is 8.54. The molecular weight excluding hydrogens is 388 g/mol. The Morgan fingerprint density at radius 2 is 2.00 bits per heavy atom. The van der Waals surface area contributed by atoms with Crippen LogP contribution in [0.1, 0.15) is 43.2 Å². The molecule has 2 aromatic rings. The average Bonchev–Trinajstić information content (AvgIpc) is 2.80. The minimum absolute atomic E-state index is 0.0581. The molecule has 1 aromatic carbocycles. The highest BCUT2D eigenvalue weighted by Crippen LogP contribution is 2.31. The van der Waals surface area contributed by atoms with Crippen LogP contribution in [0.25, 0.3) is 0 Å². The SMILES string of the molecule is CN=C(NCc1ccc(N2CCC(C)CC2)nc1)NCC1CC(=O)Nc2ccccc21. The molecule has 31 heavy (non-hydrogen) atoms. The van der Waals surface area contributed by atoms with E-state index < -0.39 is 0 Å². The van der Waals surface area contributed by atoms with Gasteiger partial charge in [-0.25, -0.2) is 4.98 Å². The first kappa shape index (κ1) is 21.2. The van der Waals surface area contributed by atoms with E-state index in [0.29, 0.717) is 19.5 Å². The number of nitrogens with one attached hydrogen (secondary N) is 3. The molecule has 0 spiro atoms. The van der Waals surface area contributed by atoms with Gasteiger partial charge in [0.25, 0.3) is 0 Å². The quantitative estimate of drug-likeness (QED) is 0.512.